The van der Waals surface area contributed by atoms with E-state index in [0.717, 1.165) is 12.1 Å². The Labute approximate surface area is 116 Å². The predicted octanol–water partition coefficient (Wildman–Crippen LogP) is 2.46. The zero-order valence-corrected chi connectivity index (χ0v) is 11.1. The Bertz CT molecular complexity index is 649. The van der Waals surface area contributed by atoms with Crippen LogP contribution in [-0.4, -0.2) is 10.9 Å². The number of aromatic nitrogens is 1. The third kappa shape index (κ3) is 3.00. The van der Waals surface area contributed by atoms with Crippen molar-refractivity contribution in [3.63, 3.8) is 0 Å². The summed E-state index contributed by atoms with van der Waals surface area (Å²) in [6.45, 7) is 0. The summed E-state index contributed by atoms with van der Waals surface area (Å²) >= 11 is 3.21. The van der Waals surface area contributed by atoms with Gasteiger partial charge in [-0.1, -0.05) is 0 Å². The van der Waals surface area contributed by atoms with E-state index >= 15 is 0 Å². The summed E-state index contributed by atoms with van der Waals surface area (Å²) in [4.78, 5) is 15.0. The maximum Gasteiger partial charge on any atom is 0.250 e. The highest BCUT2D eigenvalue weighted by Crippen LogP contribution is 2.29. The fourth-order valence-corrected chi connectivity index (χ4v) is 1.78. The lowest BCUT2D eigenvalue weighted by Crippen LogP contribution is -2.14. The Hall–Kier alpha value is -2.15. The Morgan fingerprint density at radius 3 is 2.68 bits per heavy atom. The third-order valence-corrected chi connectivity index (χ3v) is 2.71. The van der Waals surface area contributed by atoms with Crippen molar-refractivity contribution in [1.82, 2.24) is 4.98 Å². The minimum Gasteiger partial charge on any atom is -0.453 e. The number of carbonyl (C=O) groups is 1. The number of anilines is 1. The van der Waals surface area contributed by atoms with E-state index in [1.54, 1.807) is 12.3 Å². The maximum atomic E-state index is 13.7. The van der Waals surface area contributed by atoms with Crippen LogP contribution in [0, 0.1) is 5.82 Å². The summed E-state index contributed by atoms with van der Waals surface area (Å²) in [5.41, 5.74) is 10.6. The predicted molar refractivity (Wildman–Crippen MR) is 71.3 cm³/mol. The number of amides is 1. The number of nitrogens with two attached hydrogens (primary N) is 2. The minimum absolute atomic E-state index is 0.000596. The number of ether oxygens (including phenoxy) is 1. The smallest absolute Gasteiger partial charge is 0.250 e. The molecule has 0 aliphatic carbocycles. The molecule has 4 N–H and O–H groups in total. The van der Waals surface area contributed by atoms with Gasteiger partial charge in [0.05, 0.1) is 11.8 Å². The van der Waals surface area contributed by atoms with Gasteiger partial charge in [-0.2, -0.15) is 0 Å². The normalized spacial score (nSPS) is 10.2. The molecule has 2 rings (SSSR count). The number of nitrogens with zero attached hydrogens (tertiary/aromatic N) is 1. The van der Waals surface area contributed by atoms with E-state index in [9.17, 15) is 9.18 Å². The van der Waals surface area contributed by atoms with Gasteiger partial charge in [-0.25, -0.2) is 4.39 Å². The van der Waals surface area contributed by atoms with Crippen LogP contribution < -0.4 is 16.2 Å². The molecule has 0 unspecified atom stereocenters. The van der Waals surface area contributed by atoms with Crippen molar-refractivity contribution in [2.75, 3.05) is 5.73 Å². The largest absolute Gasteiger partial charge is 0.453 e. The van der Waals surface area contributed by atoms with Gasteiger partial charge in [-0.3, -0.25) is 9.78 Å². The van der Waals surface area contributed by atoms with Crippen LogP contribution in [0.15, 0.2) is 35.1 Å². The van der Waals surface area contributed by atoms with E-state index in [2.05, 4.69) is 20.9 Å². The molecule has 2 aromatic rings. The van der Waals surface area contributed by atoms with E-state index in [1.165, 1.54) is 6.20 Å². The number of hydrogen-bond acceptors (Lipinski definition) is 4. The lowest BCUT2D eigenvalue weighted by atomic mass is 10.1. The molecule has 0 spiro atoms. The van der Waals surface area contributed by atoms with Gasteiger partial charge < -0.3 is 16.2 Å². The number of pyridine rings is 1. The van der Waals surface area contributed by atoms with E-state index in [-0.39, 0.29) is 17.0 Å². The summed E-state index contributed by atoms with van der Waals surface area (Å²) in [5.74, 6) is -1.28. The zero-order valence-electron chi connectivity index (χ0n) is 9.56. The first kappa shape index (κ1) is 13.3. The van der Waals surface area contributed by atoms with E-state index in [4.69, 9.17) is 16.2 Å². The number of carbonyl (C=O) groups excluding carboxylic acids is 1. The first-order valence-electron chi connectivity index (χ1n) is 5.14. The molecule has 98 valence electrons. The van der Waals surface area contributed by atoms with Crippen molar-refractivity contribution in [2.24, 2.45) is 5.73 Å². The highest BCUT2D eigenvalue weighted by molar-refractivity contribution is 9.10. The van der Waals surface area contributed by atoms with E-state index in [1.807, 2.05) is 0 Å². The molecule has 0 radical (unpaired) electrons. The zero-order chi connectivity index (χ0) is 14.0. The molecule has 0 aliphatic rings. The molecule has 5 nitrogen and oxygen atoms in total. The molecule has 1 heterocycles. The molecule has 1 aromatic carbocycles. The topological polar surface area (TPSA) is 91.2 Å². The molecule has 19 heavy (non-hydrogen) atoms. The van der Waals surface area contributed by atoms with Gasteiger partial charge in [0, 0.05) is 22.4 Å². The molecular weight excluding hydrogens is 317 g/mol. The van der Waals surface area contributed by atoms with Crippen molar-refractivity contribution in [3.8, 4) is 11.5 Å². The Morgan fingerprint density at radius 2 is 2.05 bits per heavy atom. The number of primary amides is 1. The van der Waals surface area contributed by atoms with Crippen LogP contribution in [0.2, 0.25) is 0 Å². The van der Waals surface area contributed by atoms with Crippen molar-refractivity contribution in [2.45, 2.75) is 0 Å². The van der Waals surface area contributed by atoms with Crippen molar-refractivity contribution >= 4 is 27.5 Å². The fourth-order valence-electron chi connectivity index (χ4n) is 1.44. The van der Waals surface area contributed by atoms with Gasteiger partial charge in [0.2, 0.25) is 0 Å². The molecule has 7 heteroatoms. The number of hydrogen-bond donors (Lipinski definition) is 2. The van der Waals surface area contributed by atoms with E-state index in [0.29, 0.717) is 10.2 Å². The van der Waals surface area contributed by atoms with Crippen LogP contribution in [-0.2, 0) is 0 Å². The van der Waals surface area contributed by atoms with Gasteiger partial charge in [0.1, 0.15) is 5.75 Å². The van der Waals surface area contributed by atoms with Gasteiger partial charge in [0.15, 0.2) is 11.6 Å². The second kappa shape index (κ2) is 5.23. The van der Waals surface area contributed by atoms with Crippen molar-refractivity contribution in [3.05, 3.63) is 46.4 Å². The highest BCUT2D eigenvalue weighted by Gasteiger charge is 2.13. The second-order valence-corrected chi connectivity index (χ2v) is 4.59. The van der Waals surface area contributed by atoms with E-state index < -0.39 is 11.7 Å². The number of halogens is 2. The minimum atomic E-state index is -0.755. The summed E-state index contributed by atoms with van der Waals surface area (Å²) in [6, 6.07) is 3.75. The fraction of sp³-hybridized carbons (Fsp3) is 0. The molecular formula is C12H9BrFN3O2. The van der Waals surface area contributed by atoms with Crippen molar-refractivity contribution in [1.29, 1.82) is 0 Å². The summed E-state index contributed by atoms with van der Waals surface area (Å²) in [5, 5.41) is 0. The monoisotopic (exact) mass is 325 g/mol. The first-order valence-corrected chi connectivity index (χ1v) is 5.94. The van der Waals surface area contributed by atoms with Gasteiger partial charge in [-0.15, -0.1) is 0 Å². The molecule has 0 aliphatic heterocycles. The summed E-state index contributed by atoms with van der Waals surface area (Å²) in [7, 11) is 0. The highest BCUT2D eigenvalue weighted by atomic mass is 79.9. The molecule has 0 atom stereocenters. The lowest BCUT2D eigenvalue weighted by molar-refractivity contribution is 0.100. The number of rotatable bonds is 3. The average molecular weight is 326 g/mol. The van der Waals surface area contributed by atoms with Crippen LogP contribution in [0.4, 0.5) is 10.1 Å². The third-order valence-electron chi connectivity index (χ3n) is 2.28. The van der Waals surface area contributed by atoms with Gasteiger partial charge in [-0.05, 0) is 28.1 Å². The maximum absolute atomic E-state index is 13.7. The van der Waals surface area contributed by atoms with Crippen LogP contribution in [0.1, 0.15) is 10.4 Å². The summed E-state index contributed by atoms with van der Waals surface area (Å²) < 4.78 is 19.7. The molecule has 1 amide bonds. The number of benzene rings is 1. The van der Waals surface area contributed by atoms with Crippen LogP contribution >= 0.6 is 15.9 Å². The molecule has 0 fully saturated rings. The molecule has 0 saturated carbocycles. The summed E-state index contributed by atoms with van der Waals surface area (Å²) in [6.07, 6.45) is 2.96. The Balaban J connectivity index is 2.40. The number of nitrogen functional groups attached to an aromatic ring is 1. The average Bonchev–Trinajstić information content (AvgIpc) is 2.32. The lowest BCUT2D eigenvalue weighted by Gasteiger charge is -2.09. The van der Waals surface area contributed by atoms with Gasteiger partial charge in [0.25, 0.3) is 5.91 Å². The Morgan fingerprint density at radius 1 is 1.32 bits per heavy atom. The van der Waals surface area contributed by atoms with Crippen molar-refractivity contribution < 1.29 is 13.9 Å². The molecule has 0 bridgehead atoms. The van der Waals surface area contributed by atoms with Gasteiger partial charge >= 0.3 is 0 Å². The quantitative estimate of drug-likeness (QED) is 0.848. The Kier molecular flexibility index (Phi) is 3.66. The van der Waals surface area contributed by atoms with Crippen LogP contribution in [0.5, 0.6) is 11.5 Å². The first-order chi connectivity index (χ1) is 8.97. The van der Waals surface area contributed by atoms with Crippen LogP contribution in [0.25, 0.3) is 0 Å². The molecule has 0 saturated heterocycles. The SMILES string of the molecule is NC(=O)c1cc(Oc2cncc(Br)c2)c(F)cc1N. The second-order valence-electron chi connectivity index (χ2n) is 3.68. The molecule has 1 aromatic heterocycles. The standard InChI is InChI=1S/C12H9BrFN3O2/c13-6-1-7(5-17-4-6)19-11-2-8(12(16)18)10(15)3-9(11)14/h1-5H,15H2,(H2,16,18). The van der Waals surface area contributed by atoms with Crippen LogP contribution in [0.3, 0.4) is 0 Å².